The monoisotopic (exact) mass is 595 g/mol. The molecule has 2 aromatic rings. The fourth-order valence-corrected chi connectivity index (χ4v) is 6.38. The lowest BCUT2D eigenvalue weighted by molar-refractivity contribution is -0.146. The number of benzene rings is 2. The second kappa shape index (κ2) is 15.0. The van der Waals surface area contributed by atoms with Crippen LogP contribution in [0.15, 0.2) is 53.4 Å². The molecule has 2 aliphatic heterocycles. The van der Waals surface area contributed by atoms with E-state index in [0.29, 0.717) is 35.5 Å². The molecular weight excluding hydrogens is 558 g/mol. The number of hydrogen-bond donors (Lipinski definition) is 2. The highest BCUT2D eigenvalue weighted by molar-refractivity contribution is 7.99. The van der Waals surface area contributed by atoms with Gasteiger partial charge in [0.2, 0.25) is 5.91 Å². The molecule has 2 N–H and O–H groups in total. The van der Waals surface area contributed by atoms with E-state index in [-0.39, 0.29) is 24.3 Å². The Morgan fingerprint density at radius 3 is 2.21 bits per heavy atom. The first-order valence-electron chi connectivity index (χ1n) is 14.4. The molecule has 42 heavy (non-hydrogen) atoms. The molecule has 11 heteroatoms. The molecule has 224 valence electrons. The SMILES string of the molecule is CCOC(=O)[C@@H](CCCCCCCCN1C(=O)c2ccccc2C1=O)NC1CSc2ccccc2N(CC(=O)O)C1=O. The van der Waals surface area contributed by atoms with Gasteiger partial charge in [0.1, 0.15) is 12.6 Å². The molecule has 0 bridgehead atoms. The molecule has 0 aliphatic carbocycles. The lowest BCUT2D eigenvalue weighted by Gasteiger charge is -2.27. The highest BCUT2D eigenvalue weighted by atomic mass is 32.2. The number of esters is 1. The van der Waals surface area contributed by atoms with E-state index in [1.165, 1.54) is 21.6 Å². The Labute approximate surface area is 249 Å². The Bertz CT molecular complexity index is 1280. The third kappa shape index (κ3) is 7.57. The number of carboxylic acid groups (broad SMARTS) is 1. The van der Waals surface area contributed by atoms with Crippen LogP contribution >= 0.6 is 11.8 Å². The molecule has 0 aromatic heterocycles. The molecule has 2 aromatic carbocycles. The average molecular weight is 596 g/mol. The van der Waals surface area contributed by atoms with Gasteiger partial charge in [-0.2, -0.15) is 0 Å². The van der Waals surface area contributed by atoms with Crippen LogP contribution in [-0.4, -0.2) is 77.2 Å². The molecule has 0 fully saturated rings. The van der Waals surface area contributed by atoms with Crippen molar-refractivity contribution in [1.82, 2.24) is 10.2 Å². The number of imide groups is 1. The van der Waals surface area contributed by atoms with Crippen LogP contribution in [0.25, 0.3) is 0 Å². The maximum atomic E-state index is 13.4. The summed E-state index contributed by atoms with van der Waals surface area (Å²) in [6.45, 7) is 1.88. The Morgan fingerprint density at radius 1 is 0.929 bits per heavy atom. The van der Waals surface area contributed by atoms with Gasteiger partial charge in [-0.15, -0.1) is 11.8 Å². The zero-order chi connectivity index (χ0) is 30.1. The van der Waals surface area contributed by atoms with E-state index in [1.54, 1.807) is 43.3 Å². The first kappa shape index (κ1) is 31.2. The average Bonchev–Trinajstić information content (AvgIpc) is 3.14. The number of aliphatic carboxylic acids is 1. The molecule has 0 spiro atoms. The van der Waals surface area contributed by atoms with Gasteiger partial charge in [0, 0.05) is 17.2 Å². The number of para-hydroxylation sites is 1. The second-order valence-corrected chi connectivity index (χ2v) is 11.4. The van der Waals surface area contributed by atoms with Crippen LogP contribution in [0.3, 0.4) is 0 Å². The normalized spacial score (nSPS) is 17.1. The van der Waals surface area contributed by atoms with Crippen molar-refractivity contribution < 1.29 is 33.8 Å². The maximum Gasteiger partial charge on any atom is 0.323 e. The zero-order valence-electron chi connectivity index (χ0n) is 23.8. The standard InChI is InChI=1S/C31H37N3O7S/c1-2-41-31(40)23(32-24-20-42-26-17-11-10-16-25(26)34(30(24)39)19-27(35)36)15-7-5-3-4-6-12-18-33-28(37)21-13-8-9-14-22(21)29(33)38/h8-11,13-14,16-17,23-24,32H,2-7,12,15,18-20H2,1H3,(H,35,36)/t23-,24?/m1/s1. The number of nitrogens with zero attached hydrogens (tertiary/aromatic N) is 2. The Hall–Kier alpha value is -3.70. The minimum absolute atomic E-state index is 0.216. The lowest BCUT2D eigenvalue weighted by Crippen LogP contribution is -2.54. The van der Waals surface area contributed by atoms with Crippen LogP contribution in [0.5, 0.6) is 0 Å². The minimum Gasteiger partial charge on any atom is -0.480 e. The molecule has 0 radical (unpaired) electrons. The van der Waals surface area contributed by atoms with Crippen molar-refractivity contribution in [1.29, 1.82) is 0 Å². The number of ether oxygens (including phenoxy) is 1. The van der Waals surface area contributed by atoms with Crippen molar-refractivity contribution in [2.45, 2.75) is 68.8 Å². The number of nitrogens with one attached hydrogen (secondary N) is 1. The third-order valence-corrected chi connectivity index (χ3v) is 8.55. The summed E-state index contributed by atoms with van der Waals surface area (Å²) in [5.41, 5.74) is 1.49. The van der Waals surface area contributed by atoms with Crippen molar-refractivity contribution >= 4 is 47.1 Å². The van der Waals surface area contributed by atoms with Gasteiger partial charge in [0.05, 0.1) is 29.5 Å². The summed E-state index contributed by atoms with van der Waals surface area (Å²) in [5.74, 6) is -2.03. The van der Waals surface area contributed by atoms with Crippen LogP contribution in [0.2, 0.25) is 0 Å². The topological polar surface area (TPSA) is 133 Å². The smallest absolute Gasteiger partial charge is 0.323 e. The minimum atomic E-state index is -1.12. The maximum absolute atomic E-state index is 13.4. The molecule has 2 aliphatic rings. The number of carboxylic acids is 1. The quantitative estimate of drug-likeness (QED) is 0.177. The van der Waals surface area contributed by atoms with Crippen LogP contribution < -0.4 is 10.2 Å². The predicted molar refractivity (Wildman–Crippen MR) is 159 cm³/mol. The van der Waals surface area contributed by atoms with E-state index in [2.05, 4.69) is 5.32 Å². The number of thioether (sulfide) groups is 1. The summed E-state index contributed by atoms with van der Waals surface area (Å²) in [4.78, 5) is 66.1. The van der Waals surface area contributed by atoms with Gasteiger partial charge in [0.15, 0.2) is 0 Å². The third-order valence-electron chi connectivity index (χ3n) is 7.40. The number of unbranched alkanes of at least 4 members (excludes halogenated alkanes) is 5. The van der Waals surface area contributed by atoms with E-state index in [4.69, 9.17) is 4.74 Å². The van der Waals surface area contributed by atoms with Gasteiger partial charge >= 0.3 is 11.9 Å². The number of fused-ring (bicyclic) bond motifs is 2. The van der Waals surface area contributed by atoms with Crippen molar-refractivity contribution in [3.63, 3.8) is 0 Å². The summed E-state index contributed by atoms with van der Waals surface area (Å²) in [7, 11) is 0. The van der Waals surface area contributed by atoms with Crippen LogP contribution in [0.1, 0.15) is 72.6 Å². The second-order valence-electron chi connectivity index (χ2n) is 10.3. The van der Waals surface area contributed by atoms with Crippen LogP contribution in [0, 0.1) is 0 Å². The van der Waals surface area contributed by atoms with Gasteiger partial charge < -0.3 is 9.84 Å². The van der Waals surface area contributed by atoms with Gasteiger partial charge in [-0.1, -0.05) is 56.4 Å². The lowest BCUT2D eigenvalue weighted by atomic mass is 10.0. The fraction of sp³-hybridized carbons (Fsp3) is 0.452. The summed E-state index contributed by atoms with van der Waals surface area (Å²) in [5, 5.41) is 12.6. The van der Waals surface area contributed by atoms with Gasteiger partial charge in [-0.3, -0.25) is 39.1 Å². The number of carbonyl (C=O) groups excluding carboxylic acids is 4. The zero-order valence-corrected chi connectivity index (χ0v) is 24.6. The highest BCUT2D eigenvalue weighted by Gasteiger charge is 2.36. The Balaban J connectivity index is 1.24. The first-order chi connectivity index (χ1) is 20.3. The molecule has 2 atom stereocenters. The fourth-order valence-electron chi connectivity index (χ4n) is 5.29. The Morgan fingerprint density at radius 2 is 1.55 bits per heavy atom. The van der Waals surface area contributed by atoms with Gasteiger partial charge in [-0.25, -0.2) is 0 Å². The van der Waals surface area contributed by atoms with Crippen molar-refractivity contribution in [2.24, 2.45) is 0 Å². The number of rotatable bonds is 15. The van der Waals surface area contributed by atoms with Crippen LogP contribution in [0.4, 0.5) is 5.69 Å². The molecule has 10 nitrogen and oxygen atoms in total. The number of amides is 3. The summed E-state index contributed by atoms with van der Waals surface area (Å²) >= 11 is 1.45. The number of carbonyl (C=O) groups is 5. The van der Waals surface area contributed by atoms with Crippen molar-refractivity contribution in [2.75, 3.05) is 30.3 Å². The molecule has 2 heterocycles. The molecule has 0 saturated heterocycles. The van der Waals surface area contributed by atoms with E-state index >= 15 is 0 Å². The van der Waals surface area contributed by atoms with Crippen molar-refractivity contribution in [3.8, 4) is 0 Å². The highest BCUT2D eigenvalue weighted by Crippen LogP contribution is 2.34. The molecule has 0 saturated carbocycles. The first-order valence-corrected chi connectivity index (χ1v) is 15.4. The van der Waals surface area contributed by atoms with Gasteiger partial charge in [0.25, 0.3) is 11.8 Å². The summed E-state index contributed by atoms with van der Waals surface area (Å²) < 4.78 is 5.28. The number of anilines is 1. The summed E-state index contributed by atoms with van der Waals surface area (Å²) in [6.07, 6.45) is 5.55. The van der Waals surface area contributed by atoms with Crippen LogP contribution in [-0.2, 0) is 19.1 Å². The largest absolute Gasteiger partial charge is 0.480 e. The molecule has 4 rings (SSSR count). The molecule has 1 unspecified atom stereocenters. The predicted octanol–water partition coefficient (Wildman–Crippen LogP) is 4.13. The van der Waals surface area contributed by atoms with Crippen molar-refractivity contribution in [3.05, 3.63) is 59.7 Å². The van der Waals surface area contributed by atoms with E-state index in [9.17, 15) is 29.1 Å². The van der Waals surface area contributed by atoms with Gasteiger partial charge in [-0.05, 0) is 44.0 Å². The van der Waals surface area contributed by atoms with E-state index < -0.39 is 30.6 Å². The summed E-state index contributed by atoms with van der Waals surface area (Å²) in [6, 6.07) is 12.6. The molecular formula is C31H37N3O7S. The Kier molecular flexibility index (Phi) is 11.1. The van der Waals surface area contributed by atoms with E-state index in [1.807, 2.05) is 12.1 Å². The number of hydrogen-bond acceptors (Lipinski definition) is 8. The van der Waals surface area contributed by atoms with E-state index in [0.717, 1.165) is 43.4 Å². The molecule has 3 amide bonds.